The van der Waals surface area contributed by atoms with Crippen molar-refractivity contribution < 1.29 is 19.5 Å². The number of anilines is 1. The van der Waals surface area contributed by atoms with Gasteiger partial charge < -0.3 is 20.6 Å². The summed E-state index contributed by atoms with van der Waals surface area (Å²) < 4.78 is 0. The molecule has 0 saturated heterocycles. The third-order valence-electron chi connectivity index (χ3n) is 5.05. The highest BCUT2D eigenvalue weighted by molar-refractivity contribution is 5.91. The number of aliphatic carboxylic acids is 1. The van der Waals surface area contributed by atoms with Gasteiger partial charge in [-0.1, -0.05) is 30.3 Å². The van der Waals surface area contributed by atoms with Gasteiger partial charge in [0, 0.05) is 25.8 Å². The van der Waals surface area contributed by atoms with Gasteiger partial charge in [0.1, 0.15) is 5.82 Å². The van der Waals surface area contributed by atoms with Gasteiger partial charge in [-0.25, -0.2) is 4.98 Å². The monoisotopic (exact) mass is 410 g/mol. The Kier molecular flexibility index (Phi) is 7.37. The van der Waals surface area contributed by atoms with E-state index in [1.807, 2.05) is 36.4 Å². The largest absolute Gasteiger partial charge is 0.481 e. The van der Waals surface area contributed by atoms with Crippen molar-refractivity contribution >= 4 is 23.6 Å². The second-order valence-electron chi connectivity index (χ2n) is 7.20. The average molecular weight is 410 g/mol. The first-order chi connectivity index (χ1) is 14.5. The minimum absolute atomic E-state index is 0.0728. The predicted octanol–water partition coefficient (Wildman–Crippen LogP) is 1.64. The van der Waals surface area contributed by atoms with Crippen LogP contribution in [-0.4, -0.2) is 59.0 Å². The van der Waals surface area contributed by atoms with Gasteiger partial charge in [0.15, 0.2) is 0 Å². The Hall–Kier alpha value is -3.42. The minimum atomic E-state index is -1.03. The summed E-state index contributed by atoms with van der Waals surface area (Å²) in [6.07, 6.45) is 2.73. The number of hydrogen-bond acceptors (Lipinski definition) is 5. The average Bonchev–Trinajstić information content (AvgIpc) is 2.86. The molecule has 1 aromatic carbocycles. The molecule has 0 saturated carbocycles. The summed E-state index contributed by atoms with van der Waals surface area (Å²) in [5.74, 6) is -1.58. The molecule has 0 radical (unpaired) electrons. The lowest BCUT2D eigenvalue weighted by molar-refractivity contribution is -0.143. The number of amides is 2. The number of nitrogens with one attached hydrogen (secondary N) is 2. The van der Waals surface area contributed by atoms with Crippen molar-refractivity contribution in [1.29, 1.82) is 0 Å². The highest BCUT2D eigenvalue weighted by Gasteiger charge is 2.33. The van der Waals surface area contributed by atoms with E-state index < -0.39 is 11.9 Å². The lowest BCUT2D eigenvalue weighted by Crippen LogP contribution is -2.43. The van der Waals surface area contributed by atoms with Crippen molar-refractivity contribution in [1.82, 2.24) is 15.2 Å². The van der Waals surface area contributed by atoms with E-state index in [-0.39, 0.29) is 24.8 Å². The second kappa shape index (κ2) is 10.4. The van der Waals surface area contributed by atoms with Crippen LogP contribution >= 0.6 is 0 Å². The van der Waals surface area contributed by atoms with Crippen LogP contribution in [0.15, 0.2) is 48.7 Å². The normalized spacial score (nSPS) is 15.8. The van der Waals surface area contributed by atoms with Gasteiger partial charge in [-0.15, -0.1) is 0 Å². The summed E-state index contributed by atoms with van der Waals surface area (Å²) >= 11 is 0. The fourth-order valence-corrected chi connectivity index (χ4v) is 3.58. The third kappa shape index (κ3) is 5.79. The molecule has 0 spiro atoms. The number of carboxylic acids is 1. The zero-order valence-corrected chi connectivity index (χ0v) is 16.7. The van der Waals surface area contributed by atoms with Gasteiger partial charge in [-0.3, -0.25) is 14.4 Å². The van der Waals surface area contributed by atoms with E-state index in [1.54, 1.807) is 12.3 Å². The minimum Gasteiger partial charge on any atom is -0.481 e. The number of carbonyl (C=O) groups excluding carboxylic acids is 2. The topological polar surface area (TPSA) is 112 Å². The molecular formula is C22H26N4O4. The van der Waals surface area contributed by atoms with Crippen LogP contribution in [0.2, 0.25) is 0 Å². The van der Waals surface area contributed by atoms with E-state index >= 15 is 0 Å². The number of pyridine rings is 1. The maximum Gasteiger partial charge on any atom is 0.304 e. The van der Waals surface area contributed by atoms with Gasteiger partial charge in [0.05, 0.1) is 18.9 Å². The van der Waals surface area contributed by atoms with E-state index in [2.05, 4.69) is 15.6 Å². The quantitative estimate of drug-likeness (QED) is 0.542. The zero-order chi connectivity index (χ0) is 21.3. The van der Waals surface area contributed by atoms with E-state index in [9.17, 15) is 19.5 Å². The maximum atomic E-state index is 13.0. The molecule has 1 aliphatic rings. The van der Waals surface area contributed by atoms with E-state index in [0.29, 0.717) is 32.5 Å². The summed E-state index contributed by atoms with van der Waals surface area (Å²) in [6, 6.07) is 13.0. The van der Waals surface area contributed by atoms with Crippen LogP contribution in [0.5, 0.6) is 0 Å². The van der Waals surface area contributed by atoms with Crippen LogP contribution < -0.4 is 10.6 Å². The Morgan fingerprint density at radius 2 is 1.93 bits per heavy atom. The molecule has 0 bridgehead atoms. The molecule has 0 aliphatic carbocycles. The molecule has 2 aromatic rings. The number of rotatable bonds is 9. The van der Waals surface area contributed by atoms with Crippen molar-refractivity contribution in [3.8, 4) is 0 Å². The number of nitrogens with zero attached hydrogens (tertiary/aromatic N) is 2. The number of aromatic nitrogens is 1. The molecule has 2 heterocycles. The smallest absolute Gasteiger partial charge is 0.304 e. The molecule has 8 nitrogen and oxygen atoms in total. The van der Waals surface area contributed by atoms with Crippen molar-refractivity contribution in [2.45, 2.75) is 25.2 Å². The first kappa shape index (κ1) is 21.3. The molecule has 30 heavy (non-hydrogen) atoms. The van der Waals surface area contributed by atoms with Gasteiger partial charge in [0.25, 0.3) is 0 Å². The van der Waals surface area contributed by atoms with Crippen LogP contribution in [0.1, 0.15) is 29.9 Å². The molecule has 1 atom stereocenters. The first-order valence-electron chi connectivity index (χ1n) is 10.0. The number of benzene rings is 1. The zero-order valence-electron chi connectivity index (χ0n) is 16.7. The van der Waals surface area contributed by atoms with Gasteiger partial charge in [-0.2, -0.15) is 0 Å². The predicted molar refractivity (Wildman–Crippen MR) is 112 cm³/mol. The lowest BCUT2D eigenvalue weighted by Gasteiger charge is -2.23. The van der Waals surface area contributed by atoms with Crippen LogP contribution in [0, 0.1) is 0 Å². The number of hydrogen-bond donors (Lipinski definition) is 3. The van der Waals surface area contributed by atoms with Crippen LogP contribution in [0.4, 0.5) is 5.82 Å². The Labute approximate surface area is 175 Å². The standard InChI is InChI=1S/C22H26N4O4/c27-20(25-12-5-11-24-19-8-3-4-10-23-19)15-26-13-9-16-6-1-2-7-17(16)18(22(26)30)14-21(28)29/h1-4,6-8,10,18H,5,9,11-15H2,(H,23,24)(H,25,27)(H,28,29). The molecule has 1 aromatic heterocycles. The Balaban J connectivity index is 1.51. The molecule has 8 heteroatoms. The molecule has 3 rings (SSSR count). The second-order valence-corrected chi connectivity index (χ2v) is 7.20. The van der Waals surface area contributed by atoms with Gasteiger partial charge in [-0.05, 0) is 36.1 Å². The molecule has 1 unspecified atom stereocenters. The number of carboxylic acid groups (broad SMARTS) is 1. The molecular weight excluding hydrogens is 384 g/mol. The summed E-state index contributed by atoms with van der Waals surface area (Å²) in [7, 11) is 0. The molecule has 3 N–H and O–H groups in total. The van der Waals surface area contributed by atoms with E-state index in [1.165, 1.54) is 4.90 Å². The Morgan fingerprint density at radius 3 is 2.70 bits per heavy atom. The first-order valence-corrected chi connectivity index (χ1v) is 10.0. The maximum absolute atomic E-state index is 13.0. The van der Waals surface area contributed by atoms with E-state index in [0.717, 1.165) is 16.9 Å². The summed E-state index contributed by atoms with van der Waals surface area (Å²) in [5, 5.41) is 15.2. The molecule has 158 valence electrons. The summed E-state index contributed by atoms with van der Waals surface area (Å²) in [5.41, 5.74) is 1.70. The van der Waals surface area contributed by atoms with E-state index in [4.69, 9.17) is 0 Å². The van der Waals surface area contributed by atoms with Crippen LogP contribution in [-0.2, 0) is 20.8 Å². The van der Waals surface area contributed by atoms with Crippen molar-refractivity contribution in [3.63, 3.8) is 0 Å². The molecule has 0 fully saturated rings. The lowest BCUT2D eigenvalue weighted by atomic mass is 9.91. The highest BCUT2D eigenvalue weighted by Crippen LogP contribution is 2.29. The van der Waals surface area contributed by atoms with Crippen molar-refractivity contribution in [2.24, 2.45) is 0 Å². The van der Waals surface area contributed by atoms with Crippen LogP contribution in [0.3, 0.4) is 0 Å². The SMILES string of the molecule is O=C(O)CC1C(=O)N(CC(=O)NCCCNc2ccccn2)CCc2ccccc21. The highest BCUT2D eigenvalue weighted by atomic mass is 16.4. The Morgan fingerprint density at radius 1 is 1.13 bits per heavy atom. The molecule has 2 amide bonds. The third-order valence-corrected chi connectivity index (χ3v) is 5.05. The van der Waals surface area contributed by atoms with Gasteiger partial charge in [0.2, 0.25) is 11.8 Å². The van der Waals surface area contributed by atoms with Crippen molar-refractivity contribution in [3.05, 3.63) is 59.8 Å². The Bertz CT molecular complexity index is 888. The molecule has 1 aliphatic heterocycles. The van der Waals surface area contributed by atoms with Crippen molar-refractivity contribution in [2.75, 3.05) is 31.5 Å². The summed E-state index contributed by atoms with van der Waals surface area (Å²) in [4.78, 5) is 42.3. The number of fused-ring (bicyclic) bond motifs is 1. The van der Waals surface area contributed by atoms with Gasteiger partial charge >= 0.3 is 5.97 Å². The fourth-order valence-electron chi connectivity index (χ4n) is 3.58. The number of carbonyl (C=O) groups is 3. The van der Waals surface area contributed by atoms with Crippen LogP contribution in [0.25, 0.3) is 0 Å². The fraction of sp³-hybridized carbons (Fsp3) is 0.364. The summed E-state index contributed by atoms with van der Waals surface area (Å²) in [6.45, 7) is 1.45.